The van der Waals surface area contributed by atoms with Gasteiger partial charge in [-0.05, 0) is 47.9 Å². The molecule has 1 aliphatic rings. The van der Waals surface area contributed by atoms with Crippen LogP contribution in [-0.4, -0.2) is 38.3 Å². The molecule has 1 N–H and O–H groups in total. The predicted molar refractivity (Wildman–Crippen MR) is 137 cm³/mol. The molecule has 0 saturated heterocycles. The van der Waals surface area contributed by atoms with E-state index in [1.807, 2.05) is 30.3 Å². The molecule has 3 aromatic rings. The van der Waals surface area contributed by atoms with Crippen molar-refractivity contribution in [3.8, 4) is 0 Å². The Hall–Kier alpha value is -2.87. The molecule has 0 aromatic heterocycles. The van der Waals surface area contributed by atoms with Crippen molar-refractivity contribution in [2.75, 3.05) is 29.9 Å². The highest BCUT2D eigenvalue weighted by molar-refractivity contribution is 7.89. The number of sulfonamides is 1. The molecule has 3 aromatic carbocycles. The molecule has 0 saturated carbocycles. The van der Waals surface area contributed by atoms with Gasteiger partial charge in [-0.15, -0.1) is 0 Å². The normalized spacial score (nSPS) is 13.2. The highest BCUT2D eigenvalue weighted by Gasteiger charge is 2.24. The van der Waals surface area contributed by atoms with Crippen LogP contribution in [0.3, 0.4) is 0 Å². The summed E-state index contributed by atoms with van der Waals surface area (Å²) in [7, 11) is -3.71. The lowest BCUT2D eigenvalue weighted by Crippen LogP contribution is -2.30. The average Bonchev–Trinajstić information content (AvgIpc) is 3.24. The van der Waals surface area contributed by atoms with Crippen molar-refractivity contribution in [3.63, 3.8) is 0 Å². The average molecular weight is 498 g/mol. The van der Waals surface area contributed by atoms with E-state index in [1.54, 1.807) is 13.8 Å². The van der Waals surface area contributed by atoms with Crippen molar-refractivity contribution in [2.45, 2.75) is 31.7 Å². The second-order valence-electron chi connectivity index (χ2n) is 8.14. The number of para-hydroxylation sites is 2. The fourth-order valence-corrected chi connectivity index (χ4v) is 5.99. The Kier molecular flexibility index (Phi) is 7.26. The van der Waals surface area contributed by atoms with E-state index in [4.69, 9.17) is 11.6 Å². The predicted octanol–water partition coefficient (Wildman–Crippen LogP) is 5.19. The number of fused-ring (bicyclic) bond motifs is 1. The van der Waals surface area contributed by atoms with E-state index in [0.29, 0.717) is 25.3 Å². The molecule has 34 heavy (non-hydrogen) atoms. The molecule has 8 heteroatoms. The summed E-state index contributed by atoms with van der Waals surface area (Å²) in [6.45, 7) is 5.81. The minimum atomic E-state index is -3.71. The zero-order valence-electron chi connectivity index (χ0n) is 19.3. The van der Waals surface area contributed by atoms with Crippen molar-refractivity contribution >= 4 is 38.9 Å². The molecule has 1 heterocycles. The fourth-order valence-electron chi connectivity index (χ4n) is 4.30. The fraction of sp³-hybridized carbons (Fsp3) is 0.269. The van der Waals surface area contributed by atoms with Gasteiger partial charge >= 0.3 is 0 Å². The van der Waals surface area contributed by atoms with Crippen LogP contribution in [-0.2, 0) is 23.0 Å². The van der Waals surface area contributed by atoms with Gasteiger partial charge in [0.1, 0.15) is 0 Å². The SMILES string of the molecule is CCN(CC)S(=O)(=O)c1ccc(Cl)c(C(=O)Nc2ccccc2CN2CCc3ccccc32)c1. The second kappa shape index (κ2) is 10.2. The van der Waals surface area contributed by atoms with Crippen LogP contribution >= 0.6 is 11.6 Å². The van der Waals surface area contributed by atoms with Crippen LogP contribution in [0.4, 0.5) is 11.4 Å². The minimum Gasteiger partial charge on any atom is -0.367 e. The summed E-state index contributed by atoms with van der Waals surface area (Å²) in [6, 6.07) is 20.2. The van der Waals surface area contributed by atoms with Gasteiger partial charge in [-0.2, -0.15) is 4.31 Å². The number of carbonyl (C=O) groups excluding carboxylic acids is 1. The molecule has 0 atom stereocenters. The van der Waals surface area contributed by atoms with Gasteiger partial charge in [-0.25, -0.2) is 8.42 Å². The summed E-state index contributed by atoms with van der Waals surface area (Å²) < 4.78 is 27.2. The summed E-state index contributed by atoms with van der Waals surface area (Å²) in [6.07, 6.45) is 0.994. The largest absolute Gasteiger partial charge is 0.367 e. The smallest absolute Gasteiger partial charge is 0.257 e. The number of rotatable bonds is 8. The lowest BCUT2D eigenvalue weighted by molar-refractivity contribution is 0.102. The summed E-state index contributed by atoms with van der Waals surface area (Å²) in [4.78, 5) is 15.5. The second-order valence-corrected chi connectivity index (χ2v) is 10.5. The van der Waals surface area contributed by atoms with Gasteiger partial charge in [0.05, 0.1) is 15.5 Å². The Balaban J connectivity index is 1.59. The van der Waals surface area contributed by atoms with Crippen molar-refractivity contribution < 1.29 is 13.2 Å². The molecule has 178 valence electrons. The minimum absolute atomic E-state index is 0.0488. The molecule has 0 fully saturated rings. The van der Waals surface area contributed by atoms with Gasteiger partial charge in [0.25, 0.3) is 5.91 Å². The van der Waals surface area contributed by atoms with Crippen LogP contribution in [0.15, 0.2) is 71.6 Å². The third-order valence-corrected chi connectivity index (χ3v) is 8.51. The van der Waals surface area contributed by atoms with Gasteiger partial charge in [-0.3, -0.25) is 4.79 Å². The van der Waals surface area contributed by atoms with E-state index in [0.717, 1.165) is 18.5 Å². The molecule has 6 nitrogen and oxygen atoms in total. The summed E-state index contributed by atoms with van der Waals surface area (Å²) in [5.74, 6) is -0.448. The molecule has 1 amide bonds. The summed E-state index contributed by atoms with van der Waals surface area (Å²) >= 11 is 6.31. The van der Waals surface area contributed by atoms with Crippen LogP contribution in [0.2, 0.25) is 5.02 Å². The highest BCUT2D eigenvalue weighted by Crippen LogP contribution is 2.31. The lowest BCUT2D eigenvalue weighted by Gasteiger charge is -2.22. The van der Waals surface area contributed by atoms with E-state index in [2.05, 4.69) is 28.4 Å². The van der Waals surface area contributed by atoms with Gasteiger partial charge < -0.3 is 10.2 Å². The molecule has 4 rings (SSSR count). The molecule has 0 unspecified atom stereocenters. The van der Waals surface area contributed by atoms with Crippen LogP contribution < -0.4 is 10.2 Å². The Morgan fingerprint density at radius 1 is 1.03 bits per heavy atom. The van der Waals surface area contributed by atoms with Gasteiger partial charge in [0, 0.05) is 37.6 Å². The first kappa shape index (κ1) is 24.3. The topological polar surface area (TPSA) is 69.7 Å². The first-order chi connectivity index (χ1) is 16.3. The third-order valence-electron chi connectivity index (χ3n) is 6.14. The number of nitrogens with zero attached hydrogens (tertiary/aromatic N) is 2. The summed E-state index contributed by atoms with van der Waals surface area (Å²) in [5, 5.41) is 3.14. The number of halogens is 1. The molecule has 0 bridgehead atoms. The highest BCUT2D eigenvalue weighted by atomic mass is 35.5. The van der Waals surface area contributed by atoms with Crippen molar-refractivity contribution in [3.05, 3.63) is 88.4 Å². The maximum atomic E-state index is 13.2. The Labute approximate surface area is 206 Å². The van der Waals surface area contributed by atoms with Crippen molar-refractivity contribution in [2.24, 2.45) is 0 Å². The first-order valence-corrected chi connectivity index (χ1v) is 13.2. The maximum Gasteiger partial charge on any atom is 0.257 e. The number of hydrogen-bond donors (Lipinski definition) is 1. The van der Waals surface area contributed by atoms with Gasteiger partial charge in [0.2, 0.25) is 10.0 Å². The Bertz CT molecular complexity index is 1310. The van der Waals surface area contributed by atoms with Crippen LogP contribution in [0.5, 0.6) is 0 Å². The standard InChI is InChI=1S/C26H28ClN3O3S/c1-3-30(4-2)34(32,33)21-13-14-23(27)22(17-21)26(31)28-24-11-7-5-10-20(24)18-29-16-15-19-9-6-8-12-25(19)29/h5-14,17H,3-4,15-16,18H2,1-2H3,(H,28,31). The molecule has 0 spiro atoms. The maximum absolute atomic E-state index is 13.2. The molecule has 0 aliphatic carbocycles. The summed E-state index contributed by atoms with van der Waals surface area (Å²) in [5.41, 5.74) is 4.29. The molecule has 0 radical (unpaired) electrons. The zero-order valence-corrected chi connectivity index (χ0v) is 20.9. The Morgan fingerprint density at radius 2 is 1.74 bits per heavy atom. The van der Waals surface area contributed by atoms with Gasteiger partial charge in [0.15, 0.2) is 0 Å². The third kappa shape index (κ3) is 4.82. The number of anilines is 2. The van der Waals surface area contributed by atoms with Crippen LogP contribution in [0.25, 0.3) is 0 Å². The number of benzene rings is 3. The number of carbonyl (C=O) groups is 1. The number of amides is 1. The van der Waals surface area contributed by atoms with E-state index < -0.39 is 15.9 Å². The van der Waals surface area contributed by atoms with Gasteiger partial charge in [-0.1, -0.05) is 61.8 Å². The van der Waals surface area contributed by atoms with Crippen LogP contribution in [0, 0.1) is 0 Å². The Morgan fingerprint density at radius 3 is 2.50 bits per heavy atom. The molecule has 1 aliphatic heterocycles. The quantitative estimate of drug-likeness (QED) is 0.465. The molecular weight excluding hydrogens is 470 g/mol. The number of nitrogens with one attached hydrogen (secondary N) is 1. The van der Waals surface area contributed by atoms with Crippen molar-refractivity contribution in [1.29, 1.82) is 0 Å². The zero-order chi connectivity index (χ0) is 24.3. The van der Waals surface area contributed by atoms with E-state index in [-0.39, 0.29) is 15.5 Å². The molecular formula is C26H28ClN3O3S. The van der Waals surface area contributed by atoms with E-state index in [1.165, 1.54) is 33.8 Å². The van der Waals surface area contributed by atoms with Crippen molar-refractivity contribution in [1.82, 2.24) is 4.31 Å². The first-order valence-electron chi connectivity index (χ1n) is 11.4. The number of hydrogen-bond acceptors (Lipinski definition) is 4. The van der Waals surface area contributed by atoms with Crippen LogP contribution in [0.1, 0.15) is 35.3 Å². The monoisotopic (exact) mass is 497 g/mol. The van der Waals surface area contributed by atoms with E-state index >= 15 is 0 Å². The van der Waals surface area contributed by atoms with E-state index in [9.17, 15) is 13.2 Å². The lowest BCUT2D eigenvalue weighted by atomic mass is 10.1.